The first kappa shape index (κ1) is 28.2. The van der Waals surface area contributed by atoms with E-state index in [0.29, 0.717) is 16.4 Å². The maximum Gasteiger partial charge on any atom is 0.264 e. The predicted octanol–water partition coefficient (Wildman–Crippen LogP) is 6.13. The lowest BCUT2D eigenvalue weighted by Gasteiger charge is -2.24. The summed E-state index contributed by atoms with van der Waals surface area (Å²) in [4.78, 5) is 13.0. The van der Waals surface area contributed by atoms with Crippen molar-refractivity contribution in [3.63, 3.8) is 0 Å². The highest BCUT2D eigenvalue weighted by Gasteiger charge is 2.27. The Morgan fingerprint density at radius 1 is 0.707 bits per heavy atom. The van der Waals surface area contributed by atoms with Crippen LogP contribution < -0.4 is 14.3 Å². The number of carbonyl (C=O) groups is 1. The van der Waals surface area contributed by atoms with Crippen molar-refractivity contribution in [1.29, 1.82) is 0 Å². The smallest absolute Gasteiger partial charge is 0.264 e. The minimum absolute atomic E-state index is 0.00403. The van der Waals surface area contributed by atoms with E-state index in [1.54, 1.807) is 48.5 Å². The van der Waals surface area contributed by atoms with Gasteiger partial charge in [-0.25, -0.2) is 16.8 Å². The third kappa shape index (κ3) is 6.35. The average molecular weight is 606 g/mol. The third-order valence-corrected chi connectivity index (χ3v) is 9.60. The van der Waals surface area contributed by atoms with E-state index in [9.17, 15) is 21.6 Å². The first-order valence-electron chi connectivity index (χ1n) is 12.4. The normalized spacial score (nSPS) is 11.6. The van der Waals surface area contributed by atoms with Gasteiger partial charge in [0, 0.05) is 16.1 Å². The number of hydrogen-bond donors (Lipinski definition) is 2. The molecule has 0 aromatic heterocycles. The van der Waals surface area contributed by atoms with E-state index in [0.717, 1.165) is 15.1 Å². The second-order valence-corrected chi connectivity index (χ2v) is 13.0. The number of benzene rings is 5. The fourth-order valence-corrected chi connectivity index (χ4v) is 6.93. The molecule has 0 aliphatic carbocycles. The monoisotopic (exact) mass is 605 g/mol. The molecule has 5 aromatic carbocycles. The minimum Gasteiger partial charge on any atom is -0.325 e. The standard InChI is InChI=1S/C30H24ClN3O5S2/c31-23-10-7-11-25(20-23)34(41(38,39)27-12-2-1-3-13-27)21-30(35)32-24-16-18-26(19-17-24)40(36,37)33-29-15-6-9-22-8-4-5-14-28(22)29/h1-20,33H,21H2,(H,32,35). The molecule has 0 atom stereocenters. The van der Waals surface area contributed by atoms with Crippen LogP contribution in [0.25, 0.3) is 10.8 Å². The van der Waals surface area contributed by atoms with E-state index in [-0.39, 0.29) is 15.5 Å². The average Bonchev–Trinajstić information content (AvgIpc) is 2.97. The summed E-state index contributed by atoms with van der Waals surface area (Å²) in [5, 5.41) is 4.61. The lowest BCUT2D eigenvalue weighted by molar-refractivity contribution is -0.114. The van der Waals surface area contributed by atoms with Crippen molar-refractivity contribution in [3.05, 3.63) is 126 Å². The number of sulfonamides is 2. The minimum atomic E-state index is -4.10. The molecule has 0 aliphatic heterocycles. The zero-order chi connectivity index (χ0) is 29.0. The zero-order valence-corrected chi connectivity index (χ0v) is 23.8. The van der Waals surface area contributed by atoms with Gasteiger partial charge in [-0.1, -0.05) is 72.3 Å². The van der Waals surface area contributed by atoms with Crippen molar-refractivity contribution in [2.45, 2.75) is 9.79 Å². The number of carbonyl (C=O) groups excluding carboxylic acids is 1. The molecule has 0 radical (unpaired) electrons. The highest BCUT2D eigenvalue weighted by atomic mass is 35.5. The summed E-state index contributed by atoms with van der Waals surface area (Å²) in [6, 6.07) is 32.3. The van der Waals surface area contributed by atoms with Gasteiger partial charge in [0.1, 0.15) is 6.54 Å². The number of rotatable bonds is 9. The van der Waals surface area contributed by atoms with Gasteiger partial charge in [-0.15, -0.1) is 0 Å². The number of halogens is 1. The van der Waals surface area contributed by atoms with Crippen LogP contribution in [-0.2, 0) is 24.8 Å². The van der Waals surface area contributed by atoms with Crippen LogP contribution in [0, 0.1) is 0 Å². The molecule has 1 amide bonds. The number of hydrogen-bond acceptors (Lipinski definition) is 5. The van der Waals surface area contributed by atoms with Crippen molar-refractivity contribution in [1.82, 2.24) is 0 Å². The van der Waals surface area contributed by atoms with E-state index >= 15 is 0 Å². The molecule has 0 spiro atoms. The van der Waals surface area contributed by atoms with Gasteiger partial charge < -0.3 is 5.32 Å². The van der Waals surface area contributed by atoms with Crippen LogP contribution in [0.3, 0.4) is 0 Å². The molecule has 0 fully saturated rings. The zero-order valence-electron chi connectivity index (χ0n) is 21.4. The highest BCUT2D eigenvalue weighted by molar-refractivity contribution is 7.93. The molecule has 5 aromatic rings. The van der Waals surface area contributed by atoms with Crippen LogP contribution in [0.1, 0.15) is 0 Å². The first-order chi connectivity index (χ1) is 19.6. The summed E-state index contributed by atoms with van der Waals surface area (Å²) in [6.45, 7) is -0.541. The van der Waals surface area contributed by atoms with Gasteiger partial charge in [-0.3, -0.25) is 13.8 Å². The molecule has 41 heavy (non-hydrogen) atoms. The third-order valence-electron chi connectivity index (χ3n) is 6.20. The van der Waals surface area contributed by atoms with Gasteiger partial charge in [0.25, 0.3) is 20.0 Å². The van der Waals surface area contributed by atoms with E-state index in [4.69, 9.17) is 11.6 Å². The number of anilines is 3. The van der Waals surface area contributed by atoms with Gasteiger partial charge >= 0.3 is 0 Å². The second-order valence-electron chi connectivity index (χ2n) is 9.01. The molecule has 0 saturated carbocycles. The van der Waals surface area contributed by atoms with Gasteiger partial charge in [0.05, 0.1) is 21.2 Å². The molecular formula is C30H24ClN3O5S2. The molecule has 0 unspecified atom stereocenters. The Bertz CT molecular complexity index is 1930. The van der Waals surface area contributed by atoms with Crippen molar-refractivity contribution in [2.75, 3.05) is 20.9 Å². The maximum absolute atomic E-state index is 13.4. The molecule has 5 rings (SSSR count). The van der Waals surface area contributed by atoms with Crippen molar-refractivity contribution in [2.24, 2.45) is 0 Å². The van der Waals surface area contributed by atoms with Crippen LogP contribution in [-0.4, -0.2) is 29.3 Å². The van der Waals surface area contributed by atoms with E-state index in [2.05, 4.69) is 10.0 Å². The van der Waals surface area contributed by atoms with Crippen molar-refractivity contribution >= 4 is 65.4 Å². The Hall–Kier alpha value is -4.38. The Balaban J connectivity index is 1.34. The number of fused-ring (bicyclic) bond motifs is 1. The van der Waals surface area contributed by atoms with Crippen molar-refractivity contribution in [3.8, 4) is 0 Å². The Labute approximate surface area is 243 Å². The van der Waals surface area contributed by atoms with Gasteiger partial charge in [-0.05, 0) is 66.0 Å². The Kier molecular flexibility index (Phi) is 7.98. The lowest BCUT2D eigenvalue weighted by atomic mass is 10.1. The second kappa shape index (κ2) is 11.6. The van der Waals surface area contributed by atoms with Crippen LogP contribution >= 0.6 is 11.6 Å². The summed E-state index contributed by atoms with van der Waals surface area (Å²) in [6.07, 6.45) is 0. The summed E-state index contributed by atoms with van der Waals surface area (Å²) >= 11 is 6.11. The molecule has 2 N–H and O–H groups in total. The van der Waals surface area contributed by atoms with Crippen LogP contribution in [0.4, 0.5) is 17.1 Å². The van der Waals surface area contributed by atoms with E-state index in [1.807, 2.05) is 30.3 Å². The van der Waals surface area contributed by atoms with E-state index in [1.165, 1.54) is 42.5 Å². The lowest BCUT2D eigenvalue weighted by Crippen LogP contribution is -2.38. The summed E-state index contributed by atoms with van der Waals surface area (Å²) < 4.78 is 56.6. The Morgan fingerprint density at radius 3 is 2.10 bits per heavy atom. The van der Waals surface area contributed by atoms with Gasteiger partial charge in [0.15, 0.2) is 0 Å². The van der Waals surface area contributed by atoms with Crippen molar-refractivity contribution < 1.29 is 21.6 Å². The summed E-state index contributed by atoms with van der Waals surface area (Å²) in [5.41, 5.74) is 0.959. The largest absolute Gasteiger partial charge is 0.325 e. The molecule has 11 heteroatoms. The molecule has 0 heterocycles. The quantitative estimate of drug-likeness (QED) is 0.210. The van der Waals surface area contributed by atoms with Gasteiger partial charge in [-0.2, -0.15) is 0 Å². The number of nitrogens with zero attached hydrogens (tertiary/aromatic N) is 1. The molecule has 0 saturated heterocycles. The molecular weight excluding hydrogens is 582 g/mol. The SMILES string of the molecule is O=C(CN(c1cccc(Cl)c1)S(=O)(=O)c1ccccc1)Nc1ccc(S(=O)(=O)Nc2cccc3ccccc23)cc1. The molecule has 208 valence electrons. The van der Waals surface area contributed by atoms with Crippen LogP contribution in [0.2, 0.25) is 5.02 Å². The first-order valence-corrected chi connectivity index (χ1v) is 15.7. The van der Waals surface area contributed by atoms with Crippen LogP contribution in [0.15, 0.2) is 131 Å². The predicted molar refractivity (Wildman–Crippen MR) is 162 cm³/mol. The highest BCUT2D eigenvalue weighted by Crippen LogP contribution is 2.28. The van der Waals surface area contributed by atoms with Crippen LogP contribution in [0.5, 0.6) is 0 Å². The fourth-order valence-electron chi connectivity index (χ4n) is 4.23. The molecule has 8 nitrogen and oxygen atoms in total. The molecule has 0 bridgehead atoms. The summed E-state index contributed by atoms with van der Waals surface area (Å²) in [5.74, 6) is -0.631. The van der Waals surface area contributed by atoms with Gasteiger partial charge in [0.2, 0.25) is 5.91 Å². The van der Waals surface area contributed by atoms with E-state index < -0.39 is 32.5 Å². The topological polar surface area (TPSA) is 113 Å². The number of amides is 1. The Morgan fingerprint density at radius 2 is 1.37 bits per heavy atom. The fraction of sp³-hybridized carbons (Fsp3) is 0.0333. The maximum atomic E-state index is 13.4. The molecule has 0 aliphatic rings. The number of nitrogens with one attached hydrogen (secondary N) is 2. The summed E-state index contributed by atoms with van der Waals surface area (Å²) in [7, 11) is -8.03.